The second-order valence-electron chi connectivity index (χ2n) is 12.1. The second kappa shape index (κ2) is 9.47. The predicted octanol–water partition coefficient (Wildman–Crippen LogP) is 10.6. The van der Waals surface area contributed by atoms with E-state index in [1.54, 1.807) is 0 Å². The molecule has 2 aromatic heterocycles. The fraction of sp³-hybridized carbons (Fsp3) is 0.0233. The van der Waals surface area contributed by atoms with Crippen molar-refractivity contribution in [1.29, 1.82) is 0 Å². The molecule has 10 rings (SSSR count). The second-order valence-corrected chi connectivity index (χ2v) is 12.1. The van der Waals surface area contributed by atoms with Crippen LogP contribution in [0.25, 0.3) is 55.4 Å². The smallest absolute Gasteiger partial charge is 0.141 e. The maximum Gasteiger partial charge on any atom is 0.141 e. The summed E-state index contributed by atoms with van der Waals surface area (Å²) in [7, 11) is 0. The monoisotopic (exact) mass is 586 g/mol. The van der Waals surface area contributed by atoms with Crippen LogP contribution >= 0.6 is 0 Å². The lowest BCUT2D eigenvalue weighted by atomic mass is 9.65. The van der Waals surface area contributed by atoms with Crippen LogP contribution in [0.15, 0.2) is 158 Å². The average Bonchev–Trinajstić information content (AvgIpc) is 3.42. The first-order valence-corrected chi connectivity index (χ1v) is 15.7. The van der Waals surface area contributed by atoms with Gasteiger partial charge in [0.05, 0.1) is 27.8 Å². The molecule has 0 N–H and O–H groups in total. The number of rotatable bonds is 2. The van der Waals surface area contributed by atoms with Crippen molar-refractivity contribution in [3.05, 3.63) is 180 Å². The van der Waals surface area contributed by atoms with E-state index >= 15 is 0 Å². The minimum absolute atomic E-state index is 0.511. The Bertz CT molecular complexity index is 2470. The standard InChI is InChI=1S/C43H26N2O/c1-2-11-27(12-3-1)37-25-23-28-21-22-29-24-26-38(45-41(29)40(28)44-37)32-15-10-19-36-42(32)46-39-20-9-8-18-35(39)43(36)33-16-6-4-13-30(33)31-14-5-7-17-34(31)43/h1-26H. The fourth-order valence-corrected chi connectivity index (χ4v) is 7.77. The molecule has 8 aromatic rings. The Hall–Kier alpha value is -6.06. The molecule has 3 heterocycles. The van der Waals surface area contributed by atoms with Gasteiger partial charge in [0.1, 0.15) is 11.5 Å². The van der Waals surface area contributed by atoms with Gasteiger partial charge >= 0.3 is 0 Å². The van der Waals surface area contributed by atoms with Crippen LogP contribution in [0.3, 0.4) is 0 Å². The van der Waals surface area contributed by atoms with Gasteiger partial charge in [0.15, 0.2) is 0 Å². The Labute approximate surface area is 266 Å². The first kappa shape index (κ1) is 25.3. The van der Waals surface area contributed by atoms with E-state index in [1.807, 2.05) is 18.2 Å². The van der Waals surface area contributed by atoms with Crippen LogP contribution in [0.4, 0.5) is 0 Å². The highest BCUT2D eigenvalue weighted by atomic mass is 16.5. The maximum absolute atomic E-state index is 6.90. The number of aromatic nitrogens is 2. The SMILES string of the molecule is c1ccc(-c2ccc3ccc4ccc(-c5cccc6c5Oc5ccccc5C65c6ccccc6-c6ccccc65)nc4c3n2)cc1. The van der Waals surface area contributed by atoms with E-state index in [0.29, 0.717) is 0 Å². The van der Waals surface area contributed by atoms with Gasteiger partial charge in [0.25, 0.3) is 0 Å². The third-order valence-corrected chi connectivity index (χ3v) is 9.74. The highest BCUT2D eigenvalue weighted by Gasteiger charge is 2.51. The molecular weight excluding hydrogens is 560 g/mol. The van der Waals surface area contributed by atoms with Crippen LogP contribution in [-0.2, 0) is 5.41 Å². The molecule has 3 heteroatoms. The first-order chi connectivity index (χ1) is 22.8. The molecule has 1 aliphatic heterocycles. The molecule has 0 radical (unpaired) electrons. The summed E-state index contributed by atoms with van der Waals surface area (Å²) in [5, 5.41) is 2.12. The van der Waals surface area contributed by atoms with E-state index in [1.165, 1.54) is 22.3 Å². The van der Waals surface area contributed by atoms with Crippen LogP contribution in [0.5, 0.6) is 11.5 Å². The van der Waals surface area contributed by atoms with Gasteiger partial charge in [-0.1, -0.05) is 133 Å². The summed E-state index contributed by atoms with van der Waals surface area (Å²) in [6.45, 7) is 0. The van der Waals surface area contributed by atoms with Crippen molar-refractivity contribution in [1.82, 2.24) is 9.97 Å². The summed E-state index contributed by atoms with van der Waals surface area (Å²) in [5.74, 6) is 1.71. The Morgan fingerprint density at radius 1 is 0.391 bits per heavy atom. The number of para-hydroxylation sites is 2. The summed E-state index contributed by atoms with van der Waals surface area (Å²) in [4.78, 5) is 10.5. The van der Waals surface area contributed by atoms with Crippen LogP contribution in [0.2, 0.25) is 0 Å². The third kappa shape index (κ3) is 3.37. The molecular formula is C43H26N2O. The minimum atomic E-state index is -0.511. The van der Waals surface area contributed by atoms with E-state index in [-0.39, 0.29) is 0 Å². The molecule has 0 saturated carbocycles. The van der Waals surface area contributed by atoms with Crippen molar-refractivity contribution >= 4 is 21.8 Å². The average molecular weight is 587 g/mol. The van der Waals surface area contributed by atoms with E-state index in [4.69, 9.17) is 14.7 Å². The number of nitrogens with zero attached hydrogens (tertiary/aromatic N) is 2. The Kier molecular flexibility index (Phi) is 5.20. The number of hydrogen-bond acceptors (Lipinski definition) is 3. The molecule has 1 spiro atoms. The van der Waals surface area contributed by atoms with Crippen molar-refractivity contribution in [2.24, 2.45) is 0 Å². The molecule has 2 aliphatic rings. The molecule has 6 aromatic carbocycles. The summed E-state index contributed by atoms with van der Waals surface area (Å²) in [6, 6.07) is 55.7. The summed E-state index contributed by atoms with van der Waals surface area (Å²) < 4.78 is 6.90. The van der Waals surface area contributed by atoms with E-state index in [0.717, 1.165) is 66.9 Å². The number of hydrogen-bond donors (Lipinski definition) is 0. The van der Waals surface area contributed by atoms with Gasteiger partial charge < -0.3 is 4.74 Å². The lowest BCUT2D eigenvalue weighted by molar-refractivity contribution is 0.438. The van der Waals surface area contributed by atoms with Gasteiger partial charge in [-0.15, -0.1) is 0 Å². The van der Waals surface area contributed by atoms with Gasteiger partial charge in [-0.05, 0) is 46.5 Å². The molecule has 214 valence electrons. The molecule has 3 nitrogen and oxygen atoms in total. The predicted molar refractivity (Wildman–Crippen MR) is 185 cm³/mol. The molecule has 46 heavy (non-hydrogen) atoms. The number of benzene rings is 6. The molecule has 0 unspecified atom stereocenters. The van der Waals surface area contributed by atoms with Gasteiger partial charge in [0.2, 0.25) is 0 Å². The number of ether oxygens (including phenoxy) is 1. The quantitative estimate of drug-likeness (QED) is 0.189. The molecule has 0 saturated heterocycles. The molecule has 0 atom stereocenters. The molecule has 1 aliphatic carbocycles. The van der Waals surface area contributed by atoms with Crippen molar-refractivity contribution in [3.63, 3.8) is 0 Å². The van der Waals surface area contributed by atoms with Crippen LogP contribution in [-0.4, -0.2) is 9.97 Å². The minimum Gasteiger partial charge on any atom is -0.456 e. The Morgan fingerprint density at radius 2 is 0.913 bits per heavy atom. The highest BCUT2D eigenvalue weighted by Crippen LogP contribution is 2.63. The Morgan fingerprint density at radius 3 is 1.63 bits per heavy atom. The van der Waals surface area contributed by atoms with Gasteiger partial charge in [0, 0.05) is 33.0 Å². The van der Waals surface area contributed by atoms with Crippen LogP contribution in [0.1, 0.15) is 22.3 Å². The van der Waals surface area contributed by atoms with Gasteiger partial charge in [-0.25, -0.2) is 9.97 Å². The van der Waals surface area contributed by atoms with Crippen molar-refractivity contribution in [2.75, 3.05) is 0 Å². The zero-order valence-corrected chi connectivity index (χ0v) is 24.8. The van der Waals surface area contributed by atoms with E-state index in [9.17, 15) is 0 Å². The number of pyridine rings is 2. The van der Waals surface area contributed by atoms with Crippen molar-refractivity contribution < 1.29 is 4.74 Å². The normalized spacial score (nSPS) is 13.6. The largest absolute Gasteiger partial charge is 0.456 e. The van der Waals surface area contributed by atoms with Crippen LogP contribution < -0.4 is 4.74 Å². The topological polar surface area (TPSA) is 35.0 Å². The third-order valence-electron chi connectivity index (χ3n) is 9.74. The zero-order valence-electron chi connectivity index (χ0n) is 24.8. The fourth-order valence-electron chi connectivity index (χ4n) is 7.77. The molecule has 0 amide bonds. The number of fused-ring (bicyclic) bond motifs is 12. The van der Waals surface area contributed by atoms with E-state index < -0.39 is 5.41 Å². The van der Waals surface area contributed by atoms with Gasteiger partial charge in [-0.3, -0.25) is 0 Å². The first-order valence-electron chi connectivity index (χ1n) is 15.7. The lowest BCUT2D eigenvalue weighted by Gasteiger charge is -2.40. The highest BCUT2D eigenvalue weighted by molar-refractivity contribution is 6.04. The van der Waals surface area contributed by atoms with Gasteiger partial charge in [-0.2, -0.15) is 0 Å². The summed E-state index contributed by atoms with van der Waals surface area (Å²) in [6.07, 6.45) is 0. The maximum atomic E-state index is 6.90. The molecule has 0 fully saturated rings. The molecule has 0 bridgehead atoms. The summed E-state index contributed by atoms with van der Waals surface area (Å²) >= 11 is 0. The van der Waals surface area contributed by atoms with Crippen molar-refractivity contribution in [2.45, 2.75) is 5.41 Å². The van der Waals surface area contributed by atoms with Crippen LogP contribution in [0, 0.1) is 0 Å². The zero-order chi connectivity index (χ0) is 30.2. The van der Waals surface area contributed by atoms with Crippen molar-refractivity contribution in [3.8, 4) is 45.1 Å². The van der Waals surface area contributed by atoms with E-state index in [2.05, 4.69) is 140 Å². The Balaban J connectivity index is 1.24. The lowest BCUT2D eigenvalue weighted by Crippen LogP contribution is -2.32. The summed E-state index contributed by atoms with van der Waals surface area (Å²) in [5.41, 5.74) is 12.5.